The van der Waals surface area contributed by atoms with Crippen molar-refractivity contribution in [1.29, 1.82) is 0 Å². The predicted octanol–water partition coefficient (Wildman–Crippen LogP) is 4.21. The van der Waals surface area contributed by atoms with E-state index in [-0.39, 0.29) is 0 Å². The Morgan fingerprint density at radius 2 is 1.88 bits per heavy atom. The van der Waals surface area contributed by atoms with Crippen LogP contribution in [0.2, 0.25) is 5.02 Å². The van der Waals surface area contributed by atoms with Crippen LogP contribution in [0.4, 0.5) is 24.5 Å². The molecule has 0 saturated carbocycles. The number of methoxy groups -OCH3 is 1. The van der Waals surface area contributed by atoms with Crippen LogP contribution in [-0.2, 0) is 4.79 Å². The normalized spacial score (nSPS) is 11.8. The molecule has 4 nitrogen and oxygen atoms in total. The topological polar surface area (TPSA) is 50.4 Å². The summed E-state index contributed by atoms with van der Waals surface area (Å²) < 4.78 is 44.6. The zero-order chi connectivity index (χ0) is 17.9. The molecular formula is C16H14ClF3N2O2. The SMILES string of the molecule is COc1ccc(N[C@H](C)C(=O)Nc2ccc(F)c(F)c2F)cc1Cl. The Morgan fingerprint density at radius 3 is 2.50 bits per heavy atom. The molecule has 0 aliphatic heterocycles. The maximum absolute atomic E-state index is 13.6. The van der Waals surface area contributed by atoms with Crippen LogP contribution in [0.25, 0.3) is 0 Å². The molecule has 0 heterocycles. The van der Waals surface area contributed by atoms with E-state index in [9.17, 15) is 18.0 Å². The Balaban J connectivity index is 2.07. The molecule has 2 N–H and O–H groups in total. The summed E-state index contributed by atoms with van der Waals surface area (Å²) in [5, 5.41) is 5.40. The van der Waals surface area contributed by atoms with Crippen molar-refractivity contribution in [3.8, 4) is 5.75 Å². The summed E-state index contributed by atoms with van der Waals surface area (Å²) in [6, 6.07) is 5.71. The number of ether oxygens (including phenoxy) is 1. The summed E-state index contributed by atoms with van der Waals surface area (Å²) in [4.78, 5) is 12.1. The van der Waals surface area contributed by atoms with Crippen molar-refractivity contribution in [1.82, 2.24) is 0 Å². The molecule has 8 heteroatoms. The monoisotopic (exact) mass is 358 g/mol. The van der Waals surface area contributed by atoms with Crippen molar-refractivity contribution in [3.05, 3.63) is 52.8 Å². The first-order valence-electron chi connectivity index (χ1n) is 6.88. The van der Waals surface area contributed by atoms with Crippen molar-refractivity contribution in [3.63, 3.8) is 0 Å². The molecule has 2 rings (SSSR count). The fourth-order valence-corrected chi connectivity index (χ4v) is 2.19. The quantitative estimate of drug-likeness (QED) is 0.787. The second-order valence-electron chi connectivity index (χ2n) is 4.93. The molecule has 2 aromatic rings. The van der Waals surface area contributed by atoms with Gasteiger partial charge in [-0.3, -0.25) is 4.79 Å². The number of amides is 1. The molecule has 1 amide bonds. The fraction of sp³-hybridized carbons (Fsp3) is 0.188. The van der Waals surface area contributed by atoms with Gasteiger partial charge in [-0.15, -0.1) is 0 Å². The number of carbonyl (C=O) groups excluding carboxylic acids is 1. The van der Waals surface area contributed by atoms with E-state index in [4.69, 9.17) is 16.3 Å². The van der Waals surface area contributed by atoms with Gasteiger partial charge in [0.2, 0.25) is 5.91 Å². The Bertz CT molecular complexity index is 771. The molecule has 0 fully saturated rings. The van der Waals surface area contributed by atoms with E-state index in [1.54, 1.807) is 18.2 Å². The van der Waals surface area contributed by atoms with E-state index in [0.29, 0.717) is 16.5 Å². The molecule has 0 saturated heterocycles. The Morgan fingerprint density at radius 1 is 1.17 bits per heavy atom. The molecule has 128 valence electrons. The molecule has 0 unspecified atom stereocenters. The van der Waals surface area contributed by atoms with Gasteiger partial charge in [-0.2, -0.15) is 0 Å². The average molecular weight is 359 g/mol. The van der Waals surface area contributed by atoms with E-state index in [2.05, 4.69) is 10.6 Å². The highest BCUT2D eigenvalue weighted by molar-refractivity contribution is 6.32. The molecule has 0 bridgehead atoms. The number of anilines is 2. The maximum Gasteiger partial charge on any atom is 0.246 e. The van der Waals surface area contributed by atoms with E-state index in [1.807, 2.05) is 0 Å². The van der Waals surface area contributed by atoms with Crippen LogP contribution in [0.15, 0.2) is 30.3 Å². The van der Waals surface area contributed by atoms with Crippen molar-refractivity contribution in [2.45, 2.75) is 13.0 Å². The molecule has 0 aromatic heterocycles. The lowest BCUT2D eigenvalue weighted by Gasteiger charge is -2.16. The molecule has 1 atom stereocenters. The fourth-order valence-electron chi connectivity index (χ4n) is 1.94. The summed E-state index contributed by atoms with van der Waals surface area (Å²) in [7, 11) is 1.47. The molecule has 0 radical (unpaired) electrons. The van der Waals surface area contributed by atoms with E-state index >= 15 is 0 Å². The number of hydrogen-bond donors (Lipinski definition) is 2. The van der Waals surface area contributed by atoms with Crippen molar-refractivity contribution in [2.75, 3.05) is 17.7 Å². The zero-order valence-electron chi connectivity index (χ0n) is 12.8. The second kappa shape index (κ2) is 7.44. The minimum absolute atomic E-state index is 0.349. The summed E-state index contributed by atoms with van der Waals surface area (Å²) in [6.07, 6.45) is 0. The van der Waals surface area contributed by atoms with Gasteiger partial charge in [-0.05, 0) is 37.3 Å². The second-order valence-corrected chi connectivity index (χ2v) is 5.33. The van der Waals surface area contributed by atoms with Crippen molar-refractivity contribution >= 4 is 28.9 Å². The summed E-state index contributed by atoms with van der Waals surface area (Å²) >= 11 is 5.98. The third kappa shape index (κ3) is 3.91. The van der Waals surface area contributed by atoms with Gasteiger partial charge >= 0.3 is 0 Å². The molecule has 2 aromatic carbocycles. The van der Waals surface area contributed by atoms with E-state index < -0.39 is 35.1 Å². The largest absolute Gasteiger partial charge is 0.495 e. The third-order valence-electron chi connectivity index (χ3n) is 3.22. The summed E-state index contributed by atoms with van der Waals surface area (Å²) in [5.74, 6) is -4.59. The summed E-state index contributed by atoms with van der Waals surface area (Å²) in [5.41, 5.74) is 0.0921. The number of hydrogen-bond acceptors (Lipinski definition) is 3. The Kier molecular flexibility index (Phi) is 5.56. The van der Waals surface area contributed by atoms with Crippen LogP contribution >= 0.6 is 11.6 Å². The van der Waals surface area contributed by atoms with Gasteiger partial charge < -0.3 is 15.4 Å². The van der Waals surface area contributed by atoms with Crippen LogP contribution in [0.1, 0.15) is 6.92 Å². The zero-order valence-corrected chi connectivity index (χ0v) is 13.5. The number of rotatable bonds is 5. The van der Waals surface area contributed by atoms with Crippen LogP contribution in [0.3, 0.4) is 0 Å². The lowest BCUT2D eigenvalue weighted by atomic mass is 10.2. The first-order valence-corrected chi connectivity index (χ1v) is 7.25. The number of benzene rings is 2. The standard InChI is InChI=1S/C16H14ClF3N2O2/c1-8(21-9-3-6-13(24-2)10(17)7-9)16(23)22-12-5-4-11(18)14(19)15(12)20/h3-8,21H,1-2H3,(H,22,23)/t8-/m1/s1. The van der Waals surface area contributed by atoms with E-state index in [1.165, 1.54) is 14.0 Å². The molecular weight excluding hydrogens is 345 g/mol. The van der Waals surface area contributed by atoms with Crippen LogP contribution in [0.5, 0.6) is 5.75 Å². The van der Waals surface area contributed by atoms with Crippen LogP contribution in [0, 0.1) is 17.5 Å². The predicted molar refractivity (Wildman–Crippen MR) is 86.0 cm³/mol. The first kappa shape index (κ1) is 17.9. The van der Waals surface area contributed by atoms with Crippen molar-refractivity contribution < 1.29 is 22.7 Å². The number of nitrogens with one attached hydrogen (secondary N) is 2. The Labute approximate surface area is 141 Å². The minimum Gasteiger partial charge on any atom is -0.495 e. The Hall–Kier alpha value is -2.41. The molecule has 0 aliphatic rings. The van der Waals surface area contributed by atoms with Crippen LogP contribution < -0.4 is 15.4 Å². The summed E-state index contributed by atoms with van der Waals surface area (Å²) in [6.45, 7) is 1.52. The third-order valence-corrected chi connectivity index (χ3v) is 3.52. The van der Waals surface area contributed by atoms with Gasteiger partial charge in [0.1, 0.15) is 11.8 Å². The van der Waals surface area contributed by atoms with Gasteiger partial charge in [0.15, 0.2) is 17.5 Å². The lowest BCUT2D eigenvalue weighted by molar-refractivity contribution is -0.116. The smallest absolute Gasteiger partial charge is 0.246 e. The number of carbonyl (C=O) groups is 1. The highest BCUT2D eigenvalue weighted by Crippen LogP contribution is 2.27. The van der Waals surface area contributed by atoms with Gasteiger partial charge in [0.05, 0.1) is 17.8 Å². The molecule has 24 heavy (non-hydrogen) atoms. The van der Waals surface area contributed by atoms with Gasteiger partial charge in [-0.25, -0.2) is 13.2 Å². The first-order chi connectivity index (χ1) is 11.3. The van der Waals surface area contributed by atoms with Gasteiger partial charge in [0.25, 0.3) is 0 Å². The average Bonchev–Trinajstić information content (AvgIpc) is 2.55. The lowest BCUT2D eigenvalue weighted by Crippen LogP contribution is -2.32. The van der Waals surface area contributed by atoms with Crippen LogP contribution in [-0.4, -0.2) is 19.1 Å². The molecule has 0 aliphatic carbocycles. The van der Waals surface area contributed by atoms with Gasteiger partial charge in [0, 0.05) is 5.69 Å². The minimum atomic E-state index is -1.64. The molecule has 0 spiro atoms. The maximum atomic E-state index is 13.6. The highest BCUT2D eigenvalue weighted by Gasteiger charge is 2.18. The van der Waals surface area contributed by atoms with Crippen molar-refractivity contribution in [2.24, 2.45) is 0 Å². The number of halogens is 4. The van der Waals surface area contributed by atoms with E-state index in [0.717, 1.165) is 12.1 Å². The highest BCUT2D eigenvalue weighted by atomic mass is 35.5. The van der Waals surface area contributed by atoms with Gasteiger partial charge in [-0.1, -0.05) is 11.6 Å².